The Kier molecular flexibility index (Phi) is 4.16. The van der Waals surface area contributed by atoms with Crippen molar-refractivity contribution >= 4 is 5.84 Å². The van der Waals surface area contributed by atoms with E-state index in [0.717, 1.165) is 19.7 Å². The molecule has 5 heteroatoms. The van der Waals surface area contributed by atoms with Gasteiger partial charge in [-0.3, -0.25) is 4.90 Å². The van der Waals surface area contributed by atoms with Crippen molar-refractivity contribution in [3.63, 3.8) is 0 Å². The van der Waals surface area contributed by atoms with E-state index in [9.17, 15) is 0 Å². The van der Waals surface area contributed by atoms with Crippen molar-refractivity contribution in [2.75, 3.05) is 19.7 Å². The summed E-state index contributed by atoms with van der Waals surface area (Å²) >= 11 is 0. The summed E-state index contributed by atoms with van der Waals surface area (Å²) in [6.45, 7) is 6.86. The van der Waals surface area contributed by atoms with Crippen molar-refractivity contribution in [1.82, 2.24) is 4.90 Å². The lowest BCUT2D eigenvalue weighted by Crippen LogP contribution is -2.46. The zero-order chi connectivity index (χ0) is 10.6. The Morgan fingerprint density at radius 1 is 1.71 bits per heavy atom. The molecule has 1 rings (SSSR count). The van der Waals surface area contributed by atoms with Crippen molar-refractivity contribution in [2.45, 2.75) is 32.4 Å². The molecule has 1 unspecified atom stereocenters. The summed E-state index contributed by atoms with van der Waals surface area (Å²) < 4.78 is 5.52. The molecule has 0 spiro atoms. The molecule has 1 atom stereocenters. The van der Waals surface area contributed by atoms with E-state index < -0.39 is 0 Å². The summed E-state index contributed by atoms with van der Waals surface area (Å²) in [5.41, 5.74) is 5.43. The van der Waals surface area contributed by atoms with E-state index in [2.05, 4.69) is 23.9 Å². The highest BCUT2D eigenvalue weighted by molar-refractivity contribution is 5.80. The normalized spacial score (nSPS) is 25.6. The van der Waals surface area contributed by atoms with Crippen LogP contribution in [0.15, 0.2) is 5.16 Å². The maximum Gasteiger partial charge on any atom is 0.141 e. The number of morpholine rings is 1. The van der Waals surface area contributed by atoms with Gasteiger partial charge in [0.2, 0.25) is 0 Å². The molecular formula is C9H19N3O2. The zero-order valence-electron chi connectivity index (χ0n) is 8.81. The van der Waals surface area contributed by atoms with E-state index in [0.29, 0.717) is 12.5 Å². The van der Waals surface area contributed by atoms with Gasteiger partial charge in [0, 0.05) is 25.6 Å². The van der Waals surface area contributed by atoms with Gasteiger partial charge in [0.1, 0.15) is 5.84 Å². The van der Waals surface area contributed by atoms with Gasteiger partial charge in [-0.2, -0.15) is 0 Å². The molecule has 1 saturated heterocycles. The number of amidine groups is 1. The number of rotatable bonds is 3. The second-order valence-electron chi connectivity index (χ2n) is 3.88. The van der Waals surface area contributed by atoms with Crippen molar-refractivity contribution < 1.29 is 9.94 Å². The minimum Gasteiger partial charge on any atom is -0.409 e. The van der Waals surface area contributed by atoms with Crippen LogP contribution < -0.4 is 5.73 Å². The molecule has 0 aromatic carbocycles. The molecule has 0 amide bonds. The van der Waals surface area contributed by atoms with Crippen LogP contribution in [-0.2, 0) is 4.74 Å². The second-order valence-corrected chi connectivity index (χ2v) is 3.88. The van der Waals surface area contributed by atoms with Crippen LogP contribution in [0.1, 0.15) is 20.3 Å². The lowest BCUT2D eigenvalue weighted by molar-refractivity contribution is -0.0348. The first kappa shape index (κ1) is 11.3. The average molecular weight is 201 g/mol. The highest BCUT2D eigenvalue weighted by atomic mass is 16.5. The first-order valence-corrected chi connectivity index (χ1v) is 4.95. The van der Waals surface area contributed by atoms with Gasteiger partial charge in [-0.25, -0.2) is 0 Å². The summed E-state index contributed by atoms with van der Waals surface area (Å²) in [5, 5.41) is 11.4. The van der Waals surface area contributed by atoms with Crippen LogP contribution in [0, 0.1) is 0 Å². The van der Waals surface area contributed by atoms with Crippen molar-refractivity contribution in [3.8, 4) is 0 Å². The Bertz CT molecular complexity index is 206. The van der Waals surface area contributed by atoms with E-state index in [1.807, 2.05) is 0 Å². The number of ether oxygens (including phenoxy) is 1. The largest absolute Gasteiger partial charge is 0.409 e. The lowest BCUT2D eigenvalue weighted by Gasteiger charge is -2.35. The van der Waals surface area contributed by atoms with Gasteiger partial charge in [-0.1, -0.05) is 5.16 Å². The summed E-state index contributed by atoms with van der Waals surface area (Å²) in [7, 11) is 0. The SMILES string of the molecule is CC(C)N1CCOC(CC(N)=NO)C1. The van der Waals surface area contributed by atoms with Crippen LogP contribution in [0.3, 0.4) is 0 Å². The van der Waals surface area contributed by atoms with E-state index >= 15 is 0 Å². The second kappa shape index (κ2) is 5.17. The Hall–Kier alpha value is -0.810. The van der Waals surface area contributed by atoms with Crippen molar-refractivity contribution in [1.29, 1.82) is 0 Å². The monoisotopic (exact) mass is 201 g/mol. The highest BCUT2D eigenvalue weighted by Gasteiger charge is 2.22. The van der Waals surface area contributed by atoms with E-state index in [1.54, 1.807) is 0 Å². The quantitative estimate of drug-likeness (QED) is 0.297. The highest BCUT2D eigenvalue weighted by Crippen LogP contribution is 2.11. The molecule has 82 valence electrons. The summed E-state index contributed by atoms with van der Waals surface area (Å²) in [6.07, 6.45) is 0.557. The van der Waals surface area contributed by atoms with Gasteiger partial charge in [-0.05, 0) is 13.8 Å². The fraction of sp³-hybridized carbons (Fsp3) is 0.889. The number of oxime groups is 1. The first-order valence-electron chi connectivity index (χ1n) is 4.95. The number of nitrogens with zero attached hydrogens (tertiary/aromatic N) is 2. The summed E-state index contributed by atoms with van der Waals surface area (Å²) in [4.78, 5) is 2.33. The molecule has 5 nitrogen and oxygen atoms in total. The van der Waals surface area contributed by atoms with Crippen molar-refractivity contribution in [2.24, 2.45) is 10.9 Å². The fourth-order valence-electron chi connectivity index (χ4n) is 1.61. The topological polar surface area (TPSA) is 71.1 Å². The first-order chi connectivity index (χ1) is 6.63. The number of nitrogens with two attached hydrogens (primary N) is 1. The predicted molar refractivity (Wildman–Crippen MR) is 54.5 cm³/mol. The van der Waals surface area contributed by atoms with Crippen LogP contribution in [0.5, 0.6) is 0 Å². The average Bonchev–Trinajstić information content (AvgIpc) is 2.18. The molecule has 0 saturated carbocycles. The lowest BCUT2D eigenvalue weighted by atomic mass is 10.1. The Morgan fingerprint density at radius 3 is 3.00 bits per heavy atom. The Labute approximate surface area is 84.5 Å². The predicted octanol–water partition coefficient (Wildman–Crippen LogP) is 0.232. The molecule has 0 aromatic heterocycles. The van der Waals surface area contributed by atoms with Crippen LogP contribution in [0.2, 0.25) is 0 Å². The molecule has 3 N–H and O–H groups in total. The van der Waals surface area contributed by atoms with Gasteiger partial charge < -0.3 is 15.7 Å². The fourth-order valence-corrected chi connectivity index (χ4v) is 1.61. The molecule has 0 radical (unpaired) electrons. The summed E-state index contributed by atoms with van der Waals surface area (Å²) in [5.74, 6) is 0.237. The molecule has 14 heavy (non-hydrogen) atoms. The molecular weight excluding hydrogens is 182 g/mol. The van der Waals surface area contributed by atoms with Gasteiger partial charge >= 0.3 is 0 Å². The Balaban J connectivity index is 2.40. The van der Waals surface area contributed by atoms with Gasteiger partial charge in [0.15, 0.2) is 0 Å². The minimum absolute atomic E-state index is 0.0575. The molecule has 1 aliphatic rings. The molecule has 0 bridgehead atoms. The molecule has 1 aliphatic heterocycles. The van der Waals surface area contributed by atoms with Gasteiger partial charge in [0.05, 0.1) is 12.7 Å². The van der Waals surface area contributed by atoms with Gasteiger partial charge in [-0.15, -0.1) is 0 Å². The maximum absolute atomic E-state index is 8.43. The molecule has 1 heterocycles. The van der Waals surface area contributed by atoms with Crippen LogP contribution >= 0.6 is 0 Å². The standard InChI is InChI=1S/C9H19N3O2/c1-7(2)12-3-4-14-8(6-12)5-9(10)11-13/h7-8,13H,3-6H2,1-2H3,(H2,10,11). The van der Waals surface area contributed by atoms with Crippen LogP contribution in [-0.4, -0.2) is 47.8 Å². The maximum atomic E-state index is 8.43. The van der Waals surface area contributed by atoms with E-state index in [-0.39, 0.29) is 11.9 Å². The zero-order valence-corrected chi connectivity index (χ0v) is 8.81. The van der Waals surface area contributed by atoms with Crippen LogP contribution in [0.4, 0.5) is 0 Å². The smallest absolute Gasteiger partial charge is 0.141 e. The molecule has 1 fully saturated rings. The molecule has 0 aliphatic carbocycles. The van der Waals surface area contributed by atoms with E-state index in [1.165, 1.54) is 0 Å². The van der Waals surface area contributed by atoms with Crippen molar-refractivity contribution in [3.05, 3.63) is 0 Å². The minimum atomic E-state index is 0.0575. The van der Waals surface area contributed by atoms with Crippen LogP contribution in [0.25, 0.3) is 0 Å². The third-order valence-electron chi connectivity index (χ3n) is 2.47. The number of hydrogen-bond acceptors (Lipinski definition) is 4. The third-order valence-corrected chi connectivity index (χ3v) is 2.47. The van der Waals surface area contributed by atoms with Gasteiger partial charge in [0.25, 0.3) is 0 Å². The third kappa shape index (κ3) is 3.16. The summed E-state index contributed by atoms with van der Waals surface area (Å²) in [6, 6.07) is 0.522. The Morgan fingerprint density at radius 2 is 2.43 bits per heavy atom. The molecule has 0 aromatic rings. The number of hydrogen-bond donors (Lipinski definition) is 2. The van der Waals surface area contributed by atoms with E-state index in [4.69, 9.17) is 15.7 Å².